The van der Waals surface area contributed by atoms with Crippen molar-refractivity contribution in [2.45, 2.75) is 13.3 Å². The number of nitrogens with one attached hydrogen (secondary N) is 1. The maximum atomic E-state index is 4.29. The van der Waals surface area contributed by atoms with Gasteiger partial charge in [-0.3, -0.25) is 4.68 Å². The largest absolute Gasteiger partial charge is 0.369 e. The number of aromatic nitrogens is 7. The molecule has 0 aliphatic heterocycles. The van der Waals surface area contributed by atoms with E-state index < -0.39 is 0 Å². The quantitative estimate of drug-likeness (QED) is 0.720. The molecule has 1 N–H and O–H groups in total. The predicted molar refractivity (Wildman–Crippen MR) is 68.7 cm³/mol. The molecule has 0 saturated heterocycles. The number of rotatable bonds is 4. The minimum atomic E-state index is 0.596. The molecule has 19 heavy (non-hydrogen) atoms. The van der Waals surface area contributed by atoms with Crippen LogP contribution in [0.5, 0.6) is 0 Å². The van der Waals surface area contributed by atoms with Crippen LogP contribution in [0.2, 0.25) is 0 Å². The van der Waals surface area contributed by atoms with Crippen molar-refractivity contribution in [1.29, 1.82) is 0 Å². The summed E-state index contributed by atoms with van der Waals surface area (Å²) in [4.78, 5) is 12.6. The second-order valence-electron chi connectivity index (χ2n) is 4.27. The summed E-state index contributed by atoms with van der Waals surface area (Å²) in [6.07, 6.45) is 3.94. The van der Waals surface area contributed by atoms with Gasteiger partial charge in [-0.1, -0.05) is 0 Å². The lowest BCUT2D eigenvalue weighted by Gasteiger charge is -2.07. The number of anilines is 1. The van der Waals surface area contributed by atoms with Crippen LogP contribution in [0.15, 0.2) is 18.7 Å². The summed E-state index contributed by atoms with van der Waals surface area (Å²) in [7, 11) is 1.86. The first kappa shape index (κ1) is 11.6. The van der Waals surface area contributed by atoms with Crippen LogP contribution in [-0.2, 0) is 13.5 Å². The Balaban J connectivity index is 1.73. The number of aryl methyl sites for hydroxylation is 2. The molecule has 0 unspecified atom stereocenters. The van der Waals surface area contributed by atoms with Gasteiger partial charge in [-0.2, -0.15) is 19.7 Å². The second-order valence-corrected chi connectivity index (χ2v) is 4.27. The summed E-state index contributed by atoms with van der Waals surface area (Å²) in [5.41, 5.74) is 0.902. The molecular formula is C11H14N8. The van der Waals surface area contributed by atoms with Crippen molar-refractivity contribution in [2.75, 3.05) is 11.9 Å². The molecule has 0 atom stereocenters. The zero-order valence-electron chi connectivity index (χ0n) is 10.8. The highest BCUT2D eigenvalue weighted by Gasteiger charge is 2.05. The molecule has 0 aliphatic rings. The number of hydrogen-bond donors (Lipinski definition) is 1. The molecule has 3 heterocycles. The summed E-state index contributed by atoms with van der Waals surface area (Å²) in [5.74, 6) is 2.28. The lowest BCUT2D eigenvalue weighted by Crippen LogP contribution is -2.11. The number of fused-ring (bicyclic) bond motifs is 1. The van der Waals surface area contributed by atoms with E-state index in [1.165, 1.54) is 6.33 Å². The molecule has 3 rings (SSSR count). The molecule has 0 saturated carbocycles. The van der Waals surface area contributed by atoms with Gasteiger partial charge in [0.15, 0.2) is 5.82 Å². The Morgan fingerprint density at radius 3 is 3.00 bits per heavy atom. The maximum Gasteiger partial charge on any atom is 0.254 e. The van der Waals surface area contributed by atoms with Crippen LogP contribution in [0.1, 0.15) is 11.5 Å². The van der Waals surface area contributed by atoms with Crippen molar-refractivity contribution >= 4 is 11.6 Å². The summed E-state index contributed by atoms with van der Waals surface area (Å²) < 4.78 is 3.38. The van der Waals surface area contributed by atoms with Crippen molar-refractivity contribution in [3.63, 3.8) is 0 Å². The van der Waals surface area contributed by atoms with Gasteiger partial charge in [0, 0.05) is 31.8 Å². The minimum Gasteiger partial charge on any atom is -0.369 e. The van der Waals surface area contributed by atoms with Crippen molar-refractivity contribution in [2.24, 2.45) is 7.05 Å². The molecule has 0 aliphatic carbocycles. The molecule has 0 aromatic carbocycles. The van der Waals surface area contributed by atoms with Crippen LogP contribution >= 0.6 is 0 Å². The first-order valence-electron chi connectivity index (χ1n) is 5.98. The van der Waals surface area contributed by atoms with E-state index in [-0.39, 0.29) is 0 Å². The monoisotopic (exact) mass is 258 g/mol. The molecular weight excluding hydrogens is 244 g/mol. The first-order chi connectivity index (χ1) is 9.22. The van der Waals surface area contributed by atoms with Gasteiger partial charge in [-0.15, -0.1) is 0 Å². The molecule has 3 aromatic heterocycles. The summed E-state index contributed by atoms with van der Waals surface area (Å²) in [6.45, 7) is 2.66. The van der Waals surface area contributed by atoms with Gasteiger partial charge < -0.3 is 5.32 Å². The normalized spacial score (nSPS) is 11.1. The van der Waals surface area contributed by atoms with Crippen LogP contribution in [0.4, 0.5) is 5.82 Å². The zero-order valence-corrected chi connectivity index (χ0v) is 10.8. The number of hydrogen-bond acceptors (Lipinski definition) is 6. The fourth-order valence-corrected chi connectivity index (χ4v) is 1.86. The van der Waals surface area contributed by atoms with Crippen LogP contribution < -0.4 is 5.32 Å². The Hall–Kier alpha value is -2.51. The van der Waals surface area contributed by atoms with E-state index in [1.54, 1.807) is 15.5 Å². The highest BCUT2D eigenvalue weighted by Crippen LogP contribution is 2.09. The smallest absolute Gasteiger partial charge is 0.254 e. The van der Waals surface area contributed by atoms with Gasteiger partial charge in [-0.25, -0.2) is 9.97 Å². The molecule has 8 heteroatoms. The standard InChI is InChI=1S/C11H14N8/c1-8-5-10(19-11(16-8)13-6-15-19)12-4-3-9-14-7-18(2)17-9/h5-7,12H,3-4H2,1-2H3. The average Bonchev–Trinajstić information content (AvgIpc) is 2.98. The van der Waals surface area contributed by atoms with Crippen LogP contribution in [0, 0.1) is 6.92 Å². The zero-order chi connectivity index (χ0) is 13.2. The molecule has 0 bridgehead atoms. The first-order valence-corrected chi connectivity index (χ1v) is 5.98. The fraction of sp³-hybridized carbons (Fsp3) is 0.364. The Morgan fingerprint density at radius 1 is 1.32 bits per heavy atom. The van der Waals surface area contributed by atoms with Crippen molar-refractivity contribution in [1.82, 2.24) is 34.3 Å². The summed E-state index contributed by atoms with van der Waals surface area (Å²) in [6, 6.07) is 1.94. The Bertz CT molecular complexity index is 698. The van der Waals surface area contributed by atoms with Gasteiger partial charge in [0.2, 0.25) is 0 Å². The van der Waals surface area contributed by atoms with Crippen molar-refractivity contribution in [3.05, 3.63) is 30.2 Å². The third-order valence-electron chi connectivity index (χ3n) is 2.68. The molecule has 0 spiro atoms. The highest BCUT2D eigenvalue weighted by atomic mass is 15.4. The van der Waals surface area contributed by atoms with E-state index in [0.29, 0.717) is 5.78 Å². The fourth-order valence-electron chi connectivity index (χ4n) is 1.86. The molecule has 0 fully saturated rings. The van der Waals surface area contributed by atoms with E-state index in [2.05, 4.69) is 30.5 Å². The lowest BCUT2D eigenvalue weighted by molar-refractivity contribution is 0.741. The topological polar surface area (TPSA) is 85.8 Å². The third kappa shape index (κ3) is 2.37. The van der Waals surface area contributed by atoms with Gasteiger partial charge >= 0.3 is 0 Å². The molecule has 0 amide bonds. The van der Waals surface area contributed by atoms with Gasteiger partial charge in [0.25, 0.3) is 5.78 Å². The van der Waals surface area contributed by atoms with E-state index in [9.17, 15) is 0 Å². The predicted octanol–water partition coefficient (Wildman–Crippen LogP) is 0.216. The van der Waals surface area contributed by atoms with Crippen molar-refractivity contribution in [3.8, 4) is 0 Å². The average molecular weight is 258 g/mol. The van der Waals surface area contributed by atoms with Gasteiger partial charge in [0.05, 0.1) is 0 Å². The van der Waals surface area contributed by atoms with Crippen LogP contribution in [0.25, 0.3) is 5.78 Å². The van der Waals surface area contributed by atoms with E-state index >= 15 is 0 Å². The molecule has 8 nitrogen and oxygen atoms in total. The van der Waals surface area contributed by atoms with Crippen molar-refractivity contribution < 1.29 is 0 Å². The lowest BCUT2D eigenvalue weighted by atomic mass is 10.4. The van der Waals surface area contributed by atoms with Gasteiger partial charge in [-0.05, 0) is 6.92 Å². The third-order valence-corrected chi connectivity index (χ3v) is 2.68. The molecule has 3 aromatic rings. The van der Waals surface area contributed by atoms with E-state index in [4.69, 9.17) is 0 Å². The Kier molecular flexibility index (Phi) is 2.82. The number of nitrogens with zero attached hydrogens (tertiary/aromatic N) is 7. The summed E-state index contributed by atoms with van der Waals surface area (Å²) >= 11 is 0. The Labute approximate surface area is 109 Å². The maximum absolute atomic E-state index is 4.29. The molecule has 98 valence electrons. The Morgan fingerprint density at radius 2 is 2.21 bits per heavy atom. The van der Waals surface area contributed by atoms with Crippen LogP contribution in [0.3, 0.4) is 0 Å². The summed E-state index contributed by atoms with van der Waals surface area (Å²) in [5, 5.41) is 11.7. The van der Waals surface area contributed by atoms with Crippen LogP contribution in [-0.4, -0.2) is 40.9 Å². The molecule has 0 radical (unpaired) electrons. The highest BCUT2D eigenvalue weighted by molar-refractivity contribution is 5.44. The van der Waals surface area contributed by atoms with E-state index in [0.717, 1.165) is 30.3 Å². The van der Waals surface area contributed by atoms with Gasteiger partial charge in [0.1, 0.15) is 18.5 Å². The minimum absolute atomic E-state index is 0.596. The SMILES string of the molecule is Cc1cc(NCCc2ncn(C)n2)n2ncnc2n1. The van der Waals surface area contributed by atoms with E-state index in [1.807, 2.05) is 20.0 Å². The second kappa shape index (κ2) is 4.63.